The van der Waals surface area contributed by atoms with Crippen molar-refractivity contribution in [2.45, 2.75) is 50.3 Å². The van der Waals surface area contributed by atoms with Gasteiger partial charge in [0.15, 0.2) is 11.5 Å². The van der Waals surface area contributed by atoms with Gasteiger partial charge in [0.2, 0.25) is 5.91 Å². The quantitative estimate of drug-likeness (QED) is 0.640. The van der Waals surface area contributed by atoms with Gasteiger partial charge >= 0.3 is 0 Å². The highest BCUT2D eigenvalue weighted by atomic mass is 16.6. The standard InChI is InChI=1S/C25H37N3O5/c29-24(18-3-4-22-23(15-18)33-14-13-32-22)21(17-27-8-1-2-9-27)26-25(30)19-5-10-28(16-19)20-6-11-31-12-7-20/h3-4,15,19-21,24,29H,1-2,5-14,16-17H2,(H,26,30)/t19-,21?,24?/m0/s1. The molecule has 5 rings (SSSR count). The number of aliphatic hydroxyl groups excluding tert-OH is 1. The van der Waals surface area contributed by atoms with Crippen LogP contribution in [-0.2, 0) is 9.53 Å². The minimum atomic E-state index is -0.807. The Morgan fingerprint density at radius 2 is 1.79 bits per heavy atom. The van der Waals surface area contributed by atoms with Crippen LogP contribution in [0.5, 0.6) is 11.5 Å². The molecule has 0 spiro atoms. The number of aliphatic hydroxyl groups is 1. The van der Waals surface area contributed by atoms with Crippen LogP contribution < -0.4 is 14.8 Å². The molecule has 3 atom stereocenters. The molecule has 8 heteroatoms. The van der Waals surface area contributed by atoms with E-state index in [1.807, 2.05) is 18.2 Å². The Kier molecular flexibility index (Phi) is 7.35. The summed E-state index contributed by atoms with van der Waals surface area (Å²) in [6.07, 6.45) is 4.51. The van der Waals surface area contributed by atoms with Crippen molar-refractivity contribution in [1.82, 2.24) is 15.1 Å². The maximum Gasteiger partial charge on any atom is 0.224 e. The average molecular weight is 460 g/mol. The topological polar surface area (TPSA) is 83.5 Å². The number of nitrogens with one attached hydrogen (secondary N) is 1. The van der Waals surface area contributed by atoms with Crippen LogP contribution >= 0.6 is 0 Å². The van der Waals surface area contributed by atoms with E-state index in [9.17, 15) is 9.90 Å². The predicted molar refractivity (Wildman–Crippen MR) is 124 cm³/mol. The molecule has 3 saturated heterocycles. The molecule has 0 aliphatic carbocycles. The largest absolute Gasteiger partial charge is 0.486 e. The molecular formula is C25H37N3O5. The van der Waals surface area contributed by atoms with Gasteiger partial charge in [-0.05, 0) is 69.4 Å². The molecule has 0 radical (unpaired) electrons. The van der Waals surface area contributed by atoms with Gasteiger partial charge in [0.25, 0.3) is 0 Å². The first-order chi connectivity index (χ1) is 16.2. The van der Waals surface area contributed by atoms with Gasteiger partial charge in [0.1, 0.15) is 19.3 Å². The van der Waals surface area contributed by atoms with Crippen LogP contribution in [0.4, 0.5) is 0 Å². The van der Waals surface area contributed by atoms with Gasteiger partial charge in [0, 0.05) is 32.3 Å². The first-order valence-electron chi connectivity index (χ1n) is 12.6. The number of fused-ring (bicyclic) bond motifs is 1. The number of hydrogen-bond acceptors (Lipinski definition) is 7. The summed E-state index contributed by atoms with van der Waals surface area (Å²) in [6, 6.07) is 5.74. The van der Waals surface area contributed by atoms with E-state index in [1.54, 1.807) is 0 Å². The number of ether oxygens (including phenoxy) is 3. The smallest absolute Gasteiger partial charge is 0.224 e. The minimum absolute atomic E-state index is 0.0265. The van der Waals surface area contributed by atoms with Crippen LogP contribution in [0.15, 0.2) is 18.2 Å². The van der Waals surface area contributed by atoms with Crippen molar-refractivity contribution in [3.63, 3.8) is 0 Å². The van der Waals surface area contributed by atoms with Gasteiger partial charge in [-0.25, -0.2) is 0 Å². The second kappa shape index (κ2) is 10.6. The third-order valence-corrected chi connectivity index (χ3v) is 7.57. The Labute approximate surface area is 196 Å². The number of amides is 1. The number of benzene rings is 1. The van der Waals surface area contributed by atoms with Crippen molar-refractivity contribution < 1.29 is 24.1 Å². The molecule has 1 aromatic carbocycles. The van der Waals surface area contributed by atoms with Gasteiger partial charge < -0.3 is 29.5 Å². The second-order valence-electron chi connectivity index (χ2n) is 9.79. The van der Waals surface area contributed by atoms with Crippen molar-refractivity contribution in [3.05, 3.63) is 23.8 Å². The Morgan fingerprint density at radius 1 is 1.03 bits per heavy atom. The molecule has 0 bridgehead atoms. The molecule has 33 heavy (non-hydrogen) atoms. The lowest BCUT2D eigenvalue weighted by atomic mass is 9.99. The Bertz CT molecular complexity index is 809. The molecular weight excluding hydrogens is 422 g/mol. The fourth-order valence-electron chi connectivity index (χ4n) is 5.63. The molecule has 0 saturated carbocycles. The van der Waals surface area contributed by atoms with Gasteiger partial charge in [-0.2, -0.15) is 0 Å². The zero-order chi connectivity index (χ0) is 22.6. The fraction of sp³-hybridized carbons (Fsp3) is 0.720. The van der Waals surface area contributed by atoms with E-state index >= 15 is 0 Å². The SMILES string of the molecule is O=C(NC(CN1CCCC1)C(O)c1ccc2c(c1)OCCO2)[C@H]1CCN(C2CCOCC2)C1. The molecule has 4 aliphatic rings. The molecule has 0 aromatic heterocycles. The third-order valence-electron chi connectivity index (χ3n) is 7.57. The summed E-state index contributed by atoms with van der Waals surface area (Å²) in [4.78, 5) is 18.1. The van der Waals surface area contributed by atoms with E-state index < -0.39 is 6.10 Å². The van der Waals surface area contributed by atoms with Crippen molar-refractivity contribution in [2.75, 3.05) is 59.2 Å². The Hall–Kier alpha value is -1.87. The van der Waals surface area contributed by atoms with Crippen LogP contribution in [0.25, 0.3) is 0 Å². The molecule has 8 nitrogen and oxygen atoms in total. The van der Waals surface area contributed by atoms with Crippen molar-refractivity contribution >= 4 is 5.91 Å². The number of likely N-dealkylation sites (tertiary alicyclic amines) is 2. The van der Waals surface area contributed by atoms with Crippen molar-refractivity contribution in [3.8, 4) is 11.5 Å². The summed E-state index contributed by atoms with van der Waals surface area (Å²) in [5, 5.41) is 14.6. The zero-order valence-corrected chi connectivity index (χ0v) is 19.4. The Balaban J connectivity index is 1.25. The summed E-state index contributed by atoms with van der Waals surface area (Å²) >= 11 is 0. The molecule has 4 aliphatic heterocycles. The molecule has 3 fully saturated rings. The average Bonchev–Trinajstić information content (AvgIpc) is 3.56. The molecule has 2 unspecified atom stereocenters. The number of nitrogens with zero attached hydrogens (tertiary/aromatic N) is 2. The van der Waals surface area contributed by atoms with Gasteiger partial charge in [-0.15, -0.1) is 0 Å². The number of carbonyl (C=O) groups is 1. The van der Waals surface area contributed by atoms with Crippen LogP contribution in [-0.4, -0.2) is 92.0 Å². The highest BCUT2D eigenvalue weighted by molar-refractivity contribution is 5.79. The maximum absolute atomic E-state index is 13.3. The monoisotopic (exact) mass is 459 g/mol. The molecule has 4 heterocycles. The van der Waals surface area contributed by atoms with E-state index in [-0.39, 0.29) is 17.9 Å². The van der Waals surface area contributed by atoms with E-state index in [0.29, 0.717) is 37.3 Å². The number of carbonyl (C=O) groups excluding carboxylic acids is 1. The summed E-state index contributed by atoms with van der Waals surface area (Å²) in [7, 11) is 0. The van der Waals surface area contributed by atoms with Crippen molar-refractivity contribution in [1.29, 1.82) is 0 Å². The number of rotatable bonds is 7. The molecule has 1 amide bonds. The van der Waals surface area contributed by atoms with E-state index in [1.165, 1.54) is 12.8 Å². The van der Waals surface area contributed by atoms with Gasteiger partial charge in [-0.1, -0.05) is 6.07 Å². The molecule has 2 N–H and O–H groups in total. The van der Waals surface area contributed by atoms with E-state index in [4.69, 9.17) is 14.2 Å². The lowest BCUT2D eigenvalue weighted by Gasteiger charge is -2.32. The normalized spacial score (nSPS) is 26.3. The van der Waals surface area contributed by atoms with Crippen LogP contribution in [0.2, 0.25) is 0 Å². The summed E-state index contributed by atoms with van der Waals surface area (Å²) in [6.45, 7) is 7.12. The van der Waals surface area contributed by atoms with E-state index in [0.717, 1.165) is 64.2 Å². The fourth-order valence-corrected chi connectivity index (χ4v) is 5.63. The first-order valence-corrected chi connectivity index (χ1v) is 12.6. The van der Waals surface area contributed by atoms with Gasteiger partial charge in [-0.3, -0.25) is 9.69 Å². The van der Waals surface area contributed by atoms with Crippen LogP contribution in [0.1, 0.15) is 43.8 Å². The predicted octanol–water partition coefficient (Wildman–Crippen LogP) is 1.57. The highest BCUT2D eigenvalue weighted by Crippen LogP contribution is 2.34. The third kappa shape index (κ3) is 5.45. The number of hydrogen-bond donors (Lipinski definition) is 2. The lowest BCUT2D eigenvalue weighted by molar-refractivity contribution is -0.126. The molecule has 182 valence electrons. The van der Waals surface area contributed by atoms with Crippen LogP contribution in [0, 0.1) is 5.92 Å². The minimum Gasteiger partial charge on any atom is -0.486 e. The summed E-state index contributed by atoms with van der Waals surface area (Å²) in [5.74, 6) is 1.40. The second-order valence-corrected chi connectivity index (χ2v) is 9.79. The summed E-state index contributed by atoms with van der Waals surface area (Å²) < 4.78 is 16.8. The first kappa shape index (κ1) is 22.9. The zero-order valence-electron chi connectivity index (χ0n) is 19.4. The van der Waals surface area contributed by atoms with Gasteiger partial charge in [0.05, 0.1) is 12.0 Å². The summed E-state index contributed by atoms with van der Waals surface area (Å²) in [5.41, 5.74) is 0.749. The maximum atomic E-state index is 13.3. The lowest BCUT2D eigenvalue weighted by Crippen LogP contribution is -2.49. The highest BCUT2D eigenvalue weighted by Gasteiger charge is 2.35. The Morgan fingerprint density at radius 3 is 2.58 bits per heavy atom. The molecule has 1 aromatic rings. The van der Waals surface area contributed by atoms with Crippen molar-refractivity contribution in [2.24, 2.45) is 5.92 Å². The van der Waals surface area contributed by atoms with E-state index in [2.05, 4.69) is 15.1 Å². The van der Waals surface area contributed by atoms with Crippen LogP contribution in [0.3, 0.4) is 0 Å².